The van der Waals surface area contributed by atoms with E-state index in [0.717, 1.165) is 19.4 Å². The van der Waals surface area contributed by atoms with Crippen LogP contribution in [-0.2, 0) is 4.74 Å². The van der Waals surface area contributed by atoms with Gasteiger partial charge in [-0.05, 0) is 50.4 Å². The number of ether oxygens (including phenoxy) is 1. The molecule has 2 heteroatoms. The Morgan fingerprint density at radius 1 is 1.33 bits per heavy atom. The Kier molecular flexibility index (Phi) is 4.41. The van der Waals surface area contributed by atoms with Gasteiger partial charge in [0.2, 0.25) is 0 Å². The Hall–Kier alpha value is -0.860. The maximum atomic E-state index is 5.83. The monoisotopic (exact) mass is 247 g/mol. The SMILES string of the molecule is CCC1OCCC1C(NC)c1ccc(C)c(C)c1. The van der Waals surface area contributed by atoms with E-state index < -0.39 is 0 Å². The second-order valence-corrected chi connectivity index (χ2v) is 5.38. The molecule has 2 nitrogen and oxygen atoms in total. The van der Waals surface area contributed by atoms with Crippen LogP contribution >= 0.6 is 0 Å². The number of aryl methyl sites for hydroxylation is 2. The van der Waals surface area contributed by atoms with Gasteiger partial charge < -0.3 is 10.1 Å². The van der Waals surface area contributed by atoms with Crippen LogP contribution in [0, 0.1) is 19.8 Å². The molecule has 1 saturated heterocycles. The molecule has 0 bridgehead atoms. The second-order valence-electron chi connectivity index (χ2n) is 5.38. The minimum Gasteiger partial charge on any atom is -0.378 e. The number of rotatable bonds is 4. The molecule has 1 N–H and O–H groups in total. The first-order chi connectivity index (χ1) is 8.67. The van der Waals surface area contributed by atoms with Crippen molar-refractivity contribution >= 4 is 0 Å². The molecule has 1 heterocycles. The largest absolute Gasteiger partial charge is 0.378 e. The summed E-state index contributed by atoms with van der Waals surface area (Å²) < 4.78 is 5.83. The first kappa shape index (κ1) is 13.6. The minimum atomic E-state index is 0.407. The Bertz CT molecular complexity index is 402. The van der Waals surface area contributed by atoms with Crippen molar-refractivity contribution in [3.63, 3.8) is 0 Å². The van der Waals surface area contributed by atoms with Gasteiger partial charge in [0.05, 0.1) is 6.10 Å². The van der Waals surface area contributed by atoms with Crippen molar-refractivity contribution in [2.75, 3.05) is 13.7 Å². The van der Waals surface area contributed by atoms with Crippen molar-refractivity contribution in [1.82, 2.24) is 5.32 Å². The summed E-state index contributed by atoms with van der Waals surface area (Å²) in [5, 5.41) is 3.49. The first-order valence-corrected chi connectivity index (χ1v) is 7.03. The molecule has 3 atom stereocenters. The van der Waals surface area contributed by atoms with Crippen LogP contribution in [0.5, 0.6) is 0 Å². The van der Waals surface area contributed by atoms with Gasteiger partial charge in [0.15, 0.2) is 0 Å². The molecule has 0 amide bonds. The normalized spacial score (nSPS) is 25.3. The van der Waals surface area contributed by atoms with Crippen LogP contribution in [0.2, 0.25) is 0 Å². The van der Waals surface area contributed by atoms with Gasteiger partial charge in [-0.1, -0.05) is 25.1 Å². The van der Waals surface area contributed by atoms with E-state index in [9.17, 15) is 0 Å². The first-order valence-electron chi connectivity index (χ1n) is 7.03. The van der Waals surface area contributed by atoms with Gasteiger partial charge in [-0.15, -0.1) is 0 Å². The van der Waals surface area contributed by atoms with E-state index in [0.29, 0.717) is 18.1 Å². The molecule has 1 aliphatic heterocycles. The highest BCUT2D eigenvalue weighted by Gasteiger charge is 2.33. The summed E-state index contributed by atoms with van der Waals surface area (Å²) in [5.41, 5.74) is 4.14. The summed E-state index contributed by atoms with van der Waals surface area (Å²) in [6, 6.07) is 7.22. The molecule has 18 heavy (non-hydrogen) atoms. The molecule has 1 aromatic rings. The lowest BCUT2D eigenvalue weighted by atomic mass is 9.86. The van der Waals surface area contributed by atoms with Crippen molar-refractivity contribution in [2.45, 2.75) is 45.8 Å². The lowest BCUT2D eigenvalue weighted by Gasteiger charge is -2.27. The van der Waals surface area contributed by atoms with Gasteiger partial charge in [0.1, 0.15) is 0 Å². The zero-order valence-corrected chi connectivity index (χ0v) is 12.0. The predicted molar refractivity (Wildman–Crippen MR) is 75.9 cm³/mol. The molecule has 100 valence electrons. The van der Waals surface area contributed by atoms with Crippen molar-refractivity contribution in [3.05, 3.63) is 34.9 Å². The molecule has 3 unspecified atom stereocenters. The van der Waals surface area contributed by atoms with Crippen LogP contribution in [0.15, 0.2) is 18.2 Å². The van der Waals surface area contributed by atoms with E-state index in [2.05, 4.69) is 51.3 Å². The van der Waals surface area contributed by atoms with Crippen molar-refractivity contribution in [2.24, 2.45) is 5.92 Å². The zero-order chi connectivity index (χ0) is 13.1. The van der Waals surface area contributed by atoms with E-state index in [-0.39, 0.29) is 0 Å². The Morgan fingerprint density at radius 2 is 2.11 bits per heavy atom. The Labute approximate surface area is 111 Å². The summed E-state index contributed by atoms with van der Waals surface area (Å²) in [7, 11) is 2.06. The molecule has 0 spiro atoms. The molecule has 2 rings (SSSR count). The molecule has 1 aromatic carbocycles. The summed E-state index contributed by atoms with van der Waals surface area (Å²) in [4.78, 5) is 0. The number of benzene rings is 1. The van der Waals surface area contributed by atoms with Gasteiger partial charge in [-0.2, -0.15) is 0 Å². The van der Waals surface area contributed by atoms with E-state index in [1.54, 1.807) is 0 Å². The molecule has 0 aromatic heterocycles. The highest BCUT2D eigenvalue weighted by atomic mass is 16.5. The van der Waals surface area contributed by atoms with E-state index >= 15 is 0 Å². The third kappa shape index (κ3) is 2.60. The van der Waals surface area contributed by atoms with E-state index in [4.69, 9.17) is 4.74 Å². The average Bonchev–Trinajstić information content (AvgIpc) is 2.83. The van der Waals surface area contributed by atoms with E-state index in [1.807, 2.05) is 0 Å². The summed E-state index contributed by atoms with van der Waals surface area (Å²) in [5.74, 6) is 0.599. The lowest BCUT2D eigenvalue weighted by Crippen LogP contribution is -2.30. The molecule has 1 fully saturated rings. The number of nitrogens with one attached hydrogen (secondary N) is 1. The maximum absolute atomic E-state index is 5.83. The van der Waals surface area contributed by atoms with Crippen LogP contribution in [0.1, 0.15) is 42.5 Å². The zero-order valence-electron chi connectivity index (χ0n) is 12.0. The maximum Gasteiger partial charge on any atom is 0.0619 e. The van der Waals surface area contributed by atoms with Gasteiger partial charge in [0.25, 0.3) is 0 Å². The fourth-order valence-electron chi connectivity index (χ4n) is 3.05. The Morgan fingerprint density at radius 3 is 2.72 bits per heavy atom. The van der Waals surface area contributed by atoms with Crippen molar-refractivity contribution < 1.29 is 4.74 Å². The molecule has 0 radical (unpaired) electrons. The number of hydrogen-bond donors (Lipinski definition) is 1. The highest BCUT2D eigenvalue weighted by molar-refractivity contribution is 5.32. The van der Waals surface area contributed by atoms with Crippen molar-refractivity contribution in [1.29, 1.82) is 0 Å². The van der Waals surface area contributed by atoms with E-state index in [1.165, 1.54) is 16.7 Å². The smallest absolute Gasteiger partial charge is 0.0619 e. The van der Waals surface area contributed by atoms with Gasteiger partial charge in [-0.3, -0.25) is 0 Å². The molecule has 0 saturated carbocycles. The summed E-state index contributed by atoms with van der Waals surface area (Å²) >= 11 is 0. The third-order valence-electron chi connectivity index (χ3n) is 4.29. The molecular formula is C16H25NO. The Balaban J connectivity index is 2.24. The lowest BCUT2D eigenvalue weighted by molar-refractivity contribution is 0.0782. The van der Waals surface area contributed by atoms with Crippen molar-refractivity contribution in [3.8, 4) is 0 Å². The number of hydrogen-bond acceptors (Lipinski definition) is 2. The van der Waals surface area contributed by atoms with Gasteiger partial charge in [-0.25, -0.2) is 0 Å². The predicted octanol–water partition coefficient (Wildman–Crippen LogP) is 3.38. The van der Waals surface area contributed by atoms with Crippen LogP contribution in [0.4, 0.5) is 0 Å². The average molecular weight is 247 g/mol. The van der Waals surface area contributed by atoms with Gasteiger partial charge >= 0.3 is 0 Å². The topological polar surface area (TPSA) is 21.3 Å². The molecular weight excluding hydrogens is 222 g/mol. The standard InChI is InChI=1S/C16H25NO/c1-5-15-14(8-9-18-15)16(17-4)13-7-6-11(2)12(3)10-13/h6-7,10,14-17H,5,8-9H2,1-4H3. The highest BCUT2D eigenvalue weighted by Crippen LogP contribution is 2.35. The summed E-state index contributed by atoms with van der Waals surface area (Å²) in [6.07, 6.45) is 2.68. The molecule has 0 aliphatic carbocycles. The fraction of sp³-hybridized carbons (Fsp3) is 0.625. The van der Waals surface area contributed by atoms with Crippen LogP contribution in [0.3, 0.4) is 0 Å². The second kappa shape index (κ2) is 5.85. The fourth-order valence-corrected chi connectivity index (χ4v) is 3.05. The van der Waals surface area contributed by atoms with Crippen LogP contribution < -0.4 is 5.32 Å². The van der Waals surface area contributed by atoms with Gasteiger partial charge in [0, 0.05) is 18.6 Å². The summed E-state index contributed by atoms with van der Waals surface area (Å²) in [6.45, 7) is 7.48. The minimum absolute atomic E-state index is 0.407. The quantitative estimate of drug-likeness (QED) is 0.880. The van der Waals surface area contributed by atoms with Crippen LogP contribution in [-0.4, -0.2) is 19.8 Å². The third-order valence-corrected chi connectivity index (χ3v) is 4.29. The molecule has 1 aliphatic rings. The van der Waals surface area contributed by atoms with Crippen LogP contribution in [0.25, 0.3) is 0 Å².